The third kappa shape index (κ3) is 6.12. The summed E-state index contributed by atoms with van der Waals surface area (Å²) in [7, 11) is -3.93. The van der Waals surface area contributed by atoms with Crippen molar-refractivity contribution in [1.29, 1.82) is 0 Å². The molecule has 0 aliphatic carbocycles. The minimum atomic E-state index is -3.93. The van der Waals surface area contributed by atoms with Gasteiger partial charge in [-0.1, -0.05) is 35.2 Å². The quantitative estimate of drug-likeness (QED) is 0.207. The SMILES string of the molecule is CCOC(=O)c1ccc(N2C(=O)C3Sc4c(sc(=O)n4CC(=O)Nc4ccc(S(N)(=O)=O)cc4)[C@@H](c4ccc(F)cc4)C3C2=O)cc1. The van der Waals surface area contributed by atoms with Gasteiger partial charge in [-0.05, 0) is 73.2 Å². The van der Waals surface area contributed by atoms with Crippen LogP contribution in [-0.4, -0.2) is 48.5 Å². The molecule has 242 valence electrons. The van der Waals surface area contributed by atoms with Gasteiger partial charge in [-0.3, -0.25) is 23.7 Å². The average Bonchev–Trinajstić information content (AvgIpc) is 3.47. The Bertz CT molecular complexity index is 2080. The van der Waals surface area contributed by atoms with Crippen molar-refractivity contribution in [2.24, 2.45) is 11.1 Å². The molecule has 2 unspecified atom stereocenters. The number of thiazole rings is 1. The highest BCUT2D eigenvalue weighted by molar-refractivity contribution is 8.00. The van der Waals surface area contributed by atoms with Crippen molar-refractivity contribution in [1.82, 2.24) is 4.57 Å². The minimum absolute atomic E-state index is 0.142. The molecule has 47 heavy (non-hydrogen) atoms. The zero-order valence-electron chi connectivity index (χ0n) is 24.4. The second kappa shape index (κ2) is 12.5. The molecule has 3 aromatic carbocycles. The lowest BCUT2D eigenvalue weighted by Crippen LogP contribution is -2.33. The summed E-state index contributed by atoms with van der Waals surface area (Å²) in [6.07, 6.45) is 0. The number of halogens is 1. The second-order valence-corrected chi connectivity index (χ2v) is 14.3. The van der Waals surface area contributed by atoms with E-state index in [1.807, 2.05) is 0 Å². The number of fused-ring (bicyclic) bond motifs is 2. The molecule has 1 fully saturated rings. The van der Waals surface area contributed by atoms with E-state index in [1.54, 1.807) is 6.92 Å². The number of rotatable bonds is 8. The summed E-state index contributed by atoms with van der Waals surface area (Å²) in [6.45, 7) is 1.41. The molecule has 2 aliphatic heterocycles. The molecule has 0 radical (unpaired) electrons. The molecule has 4 aromatic rings. The molecule has 1 aromatic heterocycles. The number of benzene rings is 3. The Morgan fingerprint density at radius 2 is 1.62 bits per heavy atom. The average molecular weight is 697 g/mol. The Balaban J connectivity index is 1.34. The normalized spacial score (nSPS) is 18.9. The van der Waals surface area contributed by atoms with Crippen LogP contribution in [0.5, 0.6) is 0 Å². The van der Waals surface area contributed by atoms with Crippen molar-refractivity contribution in [3.05, 3.63) is 104 Å². The number of carbonyl (C=O) groups is 4. The van der Waals surface area contributed by atoms with E-state index in [4.69, 9.17) is 9.88 Å². The molecular formula is C31H25FN4O8S3. The first-order valence-electron chi connectivity index (χ1n) is 14.1. The maximum absolute atomic E-state index is 14.0. The Kier molecular flexibility index (Phi) is 8.61. The lowest BCUT2D eigenvalue weighted by molar-refractivity contribution is -0.122. The number of carbonyl (C=O) groups excluding carboxylic acids is 4. The number of sulfonamides is 1. The summed E-state index contributed by atoms with van der Waals surface area (Å²) in [4.78, 5) is 67.3. The van der Waals surface area contributed by atoms with Crippen molar-refractivity contribution < 1.29 is 36.7 Å². The number of hydrogen-bond acceptors (Lipinski definition) is 10. The number of imide groups is 1. The first-order valence-corrected chi connectivity index (χ1v) is 17.3. The smallest absolute Gasteiger partial charge is 0.338 e. The monoisotopic (exact) mass is 696 g/mol. The van der Waals surface area contributed by atoms with E-state index in [9.17, 15) is 36.8 Å². The van der Waals surface area contributed by atoms with Gasteiger partial charge in [-0.2, -0.15) is 0 Å². The lowest BCUT2D eigenvalue weighted by atomic mass is 9.83. The van der Waals surface area contributed by atoms with Crippen LogP contribution in [0.25, 0.3) is 0 Å². The molecule has 12 nitrogen and oxygen atoms in total. The van der Waals surface area contributed by atoms with Crippen LogP contribution in [0, 0.1) is 11.7 Å². The van der Waals surface area contributed by atoms with Gasteiger partial charge >= 0.3 is 10.8 Å². The second-order valence-electron chi connectivity index (χ2n) is 10.6. The fraction of sp³-hybridized carbons (Fsp3) is 0.194. The van der Waals surface area contributed by atoms with Gasteiger partial charge in [0, 0.05) is 16.5 Å². The van der Waals surface area contributed by atoms with Crippen LogP contribution in [0.1, 0.15) is 33.6 Å². The largest absolute Gasteiger partial charge is 0.462 e. The fourth-order valence-corrected chi connectivity index (χ4v) is 8.86. The third-order valence-electron chi connectivity index (χ3n) is 7.68. The molecular weight excluding hydrogens is 672 g/mol. The summed E-state index contributed by atoms with van der Waals surface area (Å²) in [5.74, 6) is -4.48. The van der Waals surface area contributed by atoms with Crippen molar-refractivity contribution in [3.63, 3.8) is 0 Å². The van der Waals surface area contributed by atoms with Crippen LogP contribution in [0.4, 0.5) is 15.8 Å². The maximum Gasteiger partial charge on any atom is 0.338 e. The lowest BCUT2D eigenvalue weighted by Gasteiger charge is -2.30. The summed E-state index contributed by atoms with van der Waals surface area (Å²) >= 11 is 1.84. The number of thioether (sulfide) groups is 1. The van der Waals surface area contributed by atoms with Gasteiger partial charge in [0.25, 0.3) is 0 Å². The predicted octanol–water partition coefficient (Wildman–Crippen LogP) is 3.31. The van der Waals surface area contributed by atoms with Gasteiger partial charge in [0.15, 0.2) is 0 Å². The molecule has 2 aliphatic rings. The number of aromatic nitrogens is 1. The zero-order valence-corrected chi connectivity index (χ0v) is 26.9. The van der Waals surface area contributed by atoms with Gasteiger partial charge in [-0.25, -0.2) is 27.6 Å². The van der Waals surface area contributed by atoms with Crippen LogP contribution >= 0.6 is 23.1 Å². The molecule has 16 heteroatoms. The van der Waals surface area contributed by atoms with Gasteiger partial charge in [0.1, 0.15) is 17.6 Å². The van der Waals surface area contributed by atoms with Crippen molar-refractivity contribution in [2.45, 2.75) is 34.6 Å². The van der Waals surface area contributed by atoms with Crippen LogP contribution in [0.2, 0.25) is 0 Å². The van der Waals surface area contributed by atoms with E-state index >= 15 is 0 Å². The van der Waals surface area contributed by atoms with Crippen LogP contribution < -0.4 is 20.2 Å². The van der Waals surface area contributed by atoms with Gasteiger partial charge < -0.3 is 10.1 Å². The summed E-state index contributed by atoms with van der Waals surface area (Å²) in [5, 5.41) is 7.08. The Hall–Kier alpha value is -4.64. The van der Waals surface area contributed by atoms with E-state index in [-0.39, 0.29) is 28.4 Å². The zero-order chi connectivity index (χ0) is 33.6. The standard InChI is InChI=1S/C31H25FN4O8S3/c1-2-44-30(40)17-5-11-20(12-6-17)36-27(38)24-23(16-3-7-18(32)8-4-16)26-29(45-25(24)28(36)39)35(31(41)46-26)15-22(37)34-19-9-13-21(14-10-19)47(33,42)43/h3-14,23-25H,2,15H2,1H3,(H,34,37)(H2,33,42,43)/t23-,24?,25?/m0/s1. The van der Waals surface area contributed by atoms with Crippen molar-refractivity contribution in [2.75, 3.05) is 16.8 Å². The highest BCUT2D eigenvalue weighted by Gasteiger charge is 2.56. The third-order valence-corrected chi connectivity index (χ3v) is 11.2. The summed E-state index contributed by atoms with van der Waals surface area (Å²) in [6, 6.07) is 16.5. The molecule has 3 N–H and O–H groups in total. The van der Waals surface area contributed by atoms with Crippen LogP contribution in [0.3, 0.4) is 0 Å². The first kappa shape index (κ1) is 32.3. The van der Waals surface area contributed by atoms with Crippen LogP contribution in [-0.2, 0) is 35.7 Å². The fourth-order valence-electron chi connectivity index (χ4n) is 5.57. The number of esters is 1. The summed E-state index contributed by atoms with van der Waals surface area (Å²) in [5.41, 5.74) is 1.26. The summed E-state index contributed by atoms with van der Waals surface area (Å²) < 4.78 is 43.3. The number of ether oxygens (including phenoxy) is 1. The van der Waals surface area contributed by atoms with E-state index in [0.29, 0.717) is 15.5 Å². The number of nitrogens with one attached hydrogen (secondary N) is 1. The Morgan fingerprint density at radius 3 is 2.23 bits per heavy atom. The molecule has 1 saturated heterocycles. The number of primary sulfonamides is 1. The molecule has 3 amide bonds. The van der Waals surface area contributed by atoms with E-state index in [0.717, 1.165) is 28.0 Å². The predicted molar refractivity (Wildman–Crippen MR) is 171 cm³/mol. The highest BCUT2D eigenvalue weighted by Crippen LogP contribution is 2.53. The van der Waals surface area contributed by atoms with Crippen molar-refractivity contribution >= 4 is 68.2 Å². The molecule has 6 rings (SSSR count). The van der Waals surface area contributed by atoms with Crippen molar-refractivity contribution in [3.8, 4) is 0 Å². The molecule has 3 heterocycles. The van der Waals surface area contributed by atoms with E-state index in [2.05, 4.69) is 5.32 Å². The molecule has 0 bridgehead atoms. The molecule has 0 spiro atoms. The van der Waals surface area contributed by atoms with Gasteiger partial charge in [-0.15, -0.1) is 0 Å². The van der Waals surface area contributed by atoms with Crippen LogP contribution in [0.15, 0.2) is 87.5 Å². The number of hydrogen-bond donors (Lipinski definition) is 2. The minimum Gasteiger partial charge on any atom is -0.462 e. The molecule has 0 saturated carbocycles. The Morgan fingerprint density at radius 1 is 0.957 bits per heavy atom. The number of nitrogens with zero attached hydrogens (tertiary/aromatic N) is 2. The Labute approximate surface area is 275 Å². The first-order chi connectivity index (χ1) is 22.4. The van der Waals surface area contributed by atoms with Gasteiger partial charge in [0.2, 0.25) is 27.7 Å². The van der Waals surface area contributed by atoms with Gasteiger partial charge in [0.05, 0.1) is 33.7 Å². The van der Waals surface area contributed by atoms with E-state index in [1.165, 1.54) is 77.4 Å². The maximum atomic E-state index is 14.0. The number of nitrogens with two attached hydrogens (primary N) is 1. The number of anilines is 2. The molecule has 3 atom stereocenters. The van der Waals surface area contributed by atoms with E-state index < -0.39 is 68.0 Å². The topological polar surface area (TPSA) is 175 Å². The highest BCUT2D eigenvalue weighted by atomic mass is 32.2. The number of amides is 3.